The lowest BCUT2D eigenvalue weighted by Gasteiger charge is -2.19. The topological polar surface area (TPSA) is 105 Å². The van der Waals surface area contributed by atoms with Gasteiger partial charge < -0.3 is 10.6 Å². The Morgan fingerprint density at radius 2 is 1.76 bits per heavy atom. The molecule has 0 radical (unpaired) electrons. The Hall–Kier alpha value is -3.33. The van der Waals surface area contributed by atoms with Gasteiger partial charge in [0.05, 0.1) is 29.3 Å². The van der Waals surface area contributed by atoms with Crippen molar-refractivity contribution in [1.82, 2.24) is 10.2 Å². The van der Waals surface area contributed by atoms with E-state index < -0.39 is 4.92 Å². The van der Waals surface area contributed by atoms with Gasteiger partial charge in [0.1, 0.15) is 5.82 Å². The summed E-state index contributed by atoms with van der Waals surface area (Å²) < 4.78 is 12.9. The van der Waals surface area contributed by atoms with Crippen LogP contribution in [0.1, 0.15) is 18.1 Å². The molecule has 9 heteroatoms. The first-order chi connectivity index (χ1) is 13.8. The molecule has 29 heavy (non-hydrogen) atoms. The van der Waals surface area contributed by atoms with Crippen LogP contribution in [-0.2, 0) is 16.1 Å². The van der Waals surface area contributed by atoms with Crippen molar-refractivity contribution in [3.8, 4) is 0 Å². The Bertz CT molecular complexity index is 887. The number of nitrogens with zero attached hydrogens (tertiary/aromatic N) is 2. The Morgan fingerprint density at radius 3 is 2.38 bits per heavy atom. The highest BCUT2D eigenvalue weighted by atomic mass is 19.1. The van der Waals surface area contributed by atoms with Gasteiger partial charge in [0.2, 0.25) is 11.8 Å². The number of likely N-dealkylation sites (N-methyl/N-ethyl adjacent to an activating group) is 1. The zero-order chi connectivity index (χ0) is 21.4. The predicted molar refractivity (Wildman–Crippen MR) is 107 cm³/mol. The summed E-state index contributed by atoms with van der Waals surface area (Å²) in [5.41, 5.74) is 1.42. The zero-order valence-corrected chi connectivity index (χ0v) is 16.3. The first-order valence-corrected chi connectivity index (χ1v) is 9.07. The van der Waals surface area contributed by atoms with Gasteiger partial charge >= 0.3 is 0 Å². The molecule has 0 spiro atoms. The molecule has 0 unspecified atom stereocenters. The zero-order valence-electron chi connectivity index (χ0n) is 16.3. The van der Waals surface area contributed by atoms with E-state index in [0.717, 1.165) is 5.56 Å². The number of nitro benzene ring substituents is 1. The quantitative estimate of drug-likeness (QED) is 0.496. The largest absolute Gasteiger partial charge is 0.351 e. The van der Waals surface area contributed by atoms with Crippen molar-refractivity contribution in [3.63, 3.8) is 0 Å². The van der Waals surface area contributed by atoms with E-state index in [1.165, 1.54) is 24.3 Å². The average molecular weight is 402 g/mol. The van der Waals surface area contributed by atoms with Crippen LogP contribution in [0.3, 0.4) is 0 Å². The third kappa shape index (κ3) is 6.65. The minimum absolute atomic E-state index is 0.0129. The van der Waals surface area contributed by atoms with Crippen LogP contribution in [0.25, 0.3) is 0 Å². The minimum atomic E-state index is -0.505. The average Bonchev–Trinajstić information content (AvgIpc) is 2.68. The van der Waals surface area contributed by atoms with Crippen molar-refractivity contribution in [2.75, 3.05) is 25.0 Å². The lowest BCUT2D eigenvalue weighted by atomic mass is 10.1. The molecule has 2 rings (SSSR count). The molecule has 154 valence electrons. The van der Waals surface area contributed by atoms with E-state index in [4.69, 9.17) is 0 Å². The van der Waals surface area contributed by atoms with Crippen molar-refractivity contribution in [1.29, 1.82) is 0 Å². The van der Waals surface area contributed by atoms with Crippen LogP contribution >= 0.6 is 0 Å². The first-order valence-electron chi connectivity index (χ1n) is 9.07. The van der Waals surface area contributed by atoms with E-state index in [0.29, 0.717) is 17.8 Å². The highest BCUT2D eigenvalue weighted by Crippen LogP contribution is 2.24. The van der Waals surface area contributed by atoms with Gasteiger partial charge in [-0.3, -0.25) is 24.6 Å². The summed E-state index contributed by atoms with van der Waals surface area (Å²) in [6, 6.07) is 10.3. The van der Waals surface area contributed by atoms with E-state index in [1.54, 1.807) is 30.0 Å². The second-order valence-corrected chi connectivity index (χ2v) is 6.46. The third-order valence-electron chi connectivity index (χ3n) is 4.36. The van der Waals surface area contributed by atoms with Crippen LogP contribution in [0.2, 0.25) is 0 Å². The van der Waals surface area contributed by atoms with Crippen molar-refractivity contribution in [3.05, 3.63) is 69.5 Å². The Morgan fingerprint density at radius 1 is 1.10 bits per heavy atom. The van der Waals surface area contributed by atoms with Gasteiger partial charge in [-0.1, -0.05) is 25.1 Å². The highest BCUT2D eigenvalue weighted by Gasteiger charge is 2.17. The number of hydrogen-bond acceptors (Lipinski definition) is 5. The van der Waals surface area contributed by atoms with Crippen molar-refractivity contribution >= 4 is 23.2 Å². The molecule has 2 N–H and O–H groups in total. The van der Waals surface area contributed by atoms with Crippen molar-refractivity contribution in [2.45, 2.75) is 20.4 Å². The molecule has 0 atom stereocenters. The molecule has 0 aliphatic heterocycles. The van der Waals surface area contributed by atoms with Crippen LogP contribution in [0, 0.1) is 22.9 Å². The van der Waals surface area contributed by atoms with Gasteiger partial charge in [-0.25, -0.2) is 4.39 Å². The number of nitro groups is 1. The summed E-state index contributed by atoms with van der Waals surface area (Å²) in [4.78, 5) is 36.6. The van der Waals surface area contributed by atoms with Crippen LogP contribution in [0.15, 0.2) is 42.5 Å². The summed E-state index contributed by atoms with van der Waals surface area (Å²) in [6.45, 7) is 4.08. The van der Waals surface area contributed by atoms with Gasteiger partial charge in [0, 0.05) is 12.6 Å². The molecular formula is C20H23FN4O4. The van der Waals surface area contributed by atoms with Crippen LogP contribution in [-0.4, -0.2) is 41.3 Å². The van der Waals surface area contributed by atoms with Crippen LogP contribution in [0.5, 0.6) is 0 Å². The number of carbonyl (C=O) groups is 2. The SMILES string of the molecule is CCN(CC(=O)NCc1ccc(F)cc1)CC(=O)Nc1cccc([N+](=O)[O-])c1C. The molecule has 8 nitrogen and oxygen atoms in total. The standard InChI is InChI=1S/C20H23FN4O4/c1-3-24(12-19(26)22-11-15-7-9-16(21)10-8-15)13-20(27)23-17-5-4-6-18(14(17)2)25(28)29/h4-10H,3,11-13H2,1-2H3,(H,22,26)(H,23,27). The number of anilines is 1. The Kier molecular flexibility index (Phi) is 7.79. The van der Waals surface area contributed by atoms with Gasteiger partial charge in [-0.15, -0.1) is 0 Å². The molecule has 2 aromatic carbocycles. The number of hydrogen-bond donors (Lipinski definition) is 2. The Balaban J connectivity index is 1.87. The normalized spacial score (nSPS) is 10.6. The van der Waals surface area contributed by atoms with Crippen LogP contribution in [0.4, 0.5) is 15.8 Å². The van der Waals surface area contributed by atoms with Crippen LogP contribution < -0.4 is 10.6 Å². The highest BCUT2D eigenvalue weighted by molar-refractivity contribution is 5.93. The molecule has 2 aromatic rings. The Labute approximate surface area is 167 Å². The van der Waals surface area contributed by atoms with Gasteiger partial charge in [-0.2, -0.15) is 0 Å². The number of nitrogens with one attached hydrogen (secondary N) is 2. The molecule has 0 bridgehead atoms. The minimum Gasteiger partial charge on any atom is -0.351 e. The van der Waals surface area contributed by atoms with E-state index in [-0.39, 0.29) is 43.0 Å². The molecule has 0 saturated carbocycles. The fourth-order valence-electron chi connectivity index (χ4n) is 2.69. The summed E-state index contributed by atoms with van der Waals surface area (Å²) in [7, 11) is 0. The predicted octanol–water partition coefficient (Wildman–Crippen LogP) is 2.62. The molecule has 0 fully saturated rings. The monoisotopic (exact) mass is 402 g/mol. The maximum atomic E-state index is 12.9. The van der Waals surface area contributed by atoms with E-state index in [9.17, 15) is 24.1 Å². The number of rotatable bonds is 9. The molecular weight excluding hydrogens is 379 g/mol. The molecule has 0 heterocycles. The second kappa shape index (κ2) is 10.3. The lowest BCUT2D eigenvalue weighted by Crippen LogP contribution is -2.40. The van der Waals surface area contributed by atoms with E-state index in [1.807, 2.05) is 6.92 Å². The van der Waals surface area contributed by atoms with E-state index in [2.05, 4.69) is 10.6 Å². The summed E-state index contributed by atoms with van der Waals surface area (Å²) >= 11 is 0. The summed E-state index contributed by atoms with van der Waals surface area (Å²) in [5, 5.41) is 16.4. The number of amides is 2. The summed E-state index contributed by atoms with van der Waals surface area (Å²) in [5.74, 6) is -0.987. The lowest BCUT2D eigenvalue weighted by molar-refractivity contribution is -0.385. The second-order valence-electron chi connectivity index (χ2n) is 6.46. The number of carbonyl (C=O) groups excluding carboxylic acids is 2. The molecule has 0 saturated heterocycles. The molecule has 0 aromatic heterocycles. The summed E-state index contributed by atoms with van der Waals surface area (Å²) in [6.07, 6.45) is 0. The fourth-order valence-corrected chi connectivity index (χ4v) is 2.69. The van der Waals surface area contributed by atoms with Gasteiger partial charge in [0.25, 0.3) is 5.69 Å². The maximum absolute atomic E-state index is 12.9. The number of benzene rings is 2. The molecule has 2 amide bonds. The van der Waals surface area contributed by atoms with Crippen molar-refractivity contribution < 1.29 is 18.9 Å². The van der Waals surface area contributed by atoms with Gasteiger partial charge in [0.15, 0.2) is 0 Å². The maximum Gasteiger partial charge on any atom is 0.274 e. The van der Waals surface area contributed by atoms with Gasteiger partial charge in [-0.05, 0) is 37.2 Å². The van der Waals surface area contributed by atoms with Crippen molar-refractivity contribution in [2.24, 2.45) is 0 Å². The molecule has 0 aliphatic carbocycles. The fraction of sp³-hybridized carbons (Fsp3) is 0.300. The smallest absolute Gasteiger partial charge is 0.274 e. The third-order valence-corrected chi connectivity index (χ3v) is 4.36. The van der Waals surface area contributed by atoms with E-state index >= 15 is 0 Å². The number of halogens is 1. The molecule has 0 aliphatic rings. The first kappa shape index (κ1) is 22.0.